The van der Waals surface area contributed by atoms with E-state index in [0.717, 1.165) is 11.1 Å². The number of aromatic nitrogens is 1. The van der Waals surface area contributed by atoms with Gasteiger partial charge >= 0.3 is 5.97 Å². The molecular weight excluding hydrogens is 281 g/mol. The van der Waals surface area contributed by atoms with Gasteiger partial charge in [-0.25, -0.2) is 9.18 Å². The number of carboxylic acid groups (broad SMARTS) is 1. The lowest BCUT2D eigenvalue weighted by atomic mass is 10.0. The number of carboxylic acids is 1. The molecule has 1 atom stereocenters. The van der Waals surface area contributed by atoms with Gasteiger partial charge in [0.25, 0.3) is 0 Å². The Balaban J connectivity index is 1.88. The van der Waals surface area contributed by atoms with Crippen molar-refractivity contribution >= 4 is 16.9 Å². The van der Waals surface area contributed by atoms with Crippen LogP contribution in [0.25, 0.3) is 10.9 Å². The molecule has 2 aromatic carbocycles. The molecule has 0 aliphatic carbocycles. The van der Waals surface area contributed by atoms with Crippen LogP contribution in [0, 0.1) is 5.82 Å². The second-order valence-electron chi connectivity index (χ2n) is 5.30. The average molecular weight is 297 g/mol. The summed E-state index contributed by atoms with van der Waals surface area (Å²) in [6.45, 7) is 0. The highest BCUT2D eigenvalue weighted by molar-refractivity contribution is 5.83. The zero-order valence-electron chi connectivity index (χ0n) is 11.9. The fourth-order valence-electron chi connectivity index (χ4n) is 2.74. The van der Waals surface area contributed by atoms with Crippen molar-refractivity contribution in [1.82, 2.24) is 4.57 Å². The van der Waals surface area contributed by atoms with Gasteiger partial charge < -0.3 is 9.67 Å². The zero-order valence-corrected chi connectivity index (χ0v) is 11.9. The van der Waals surface area contributed by atoms with Crippen molar-refractivity contribution < 1.29 is 14.3 Å². The first kappa shape index (κ1) is 14.3. The van der Waals surface area contributed by atoms with E-state index in [1.807, 2.05) is 30.3 Å². The highest BCUT2D eigenvalue weighted by Gasteiger charge is 2.20. The maximum absolute atomic E-state index is 13.2. The van der Waals surface area contributed by atoms with Gasteiger partial charge in [0.05, 0.1) is 0 Å². The molecular formula is C18H16FNO2. The summed E-state index contributed by atoms with van der Waals surface area (Å²) >= 11 is 0. The number of halogens is 1. The molecule has 4 heteroatoms. The van der Waals surface area contributed by atoms with Crippen molar-refractivity contribution in [3.8, 4) is 0 Å². The summed E-state index contributed by atoms with van der Waals surface area (Å²) < 4.78 is 15.0. The highest BCUT2D eigenvalue weighted by atomic mass is 19.1. The SMILES string of the molecule is O=C(O)C(CCc1ccccc1)n1ccc2cc(F)ccc21. The monoisotopic (exact) mass is 297 g/mol. The molecule has 3 nitrogen and oxygen atoms in total. The number of rotatable bonds is 5. The first-order chi connectivity index (χ1) is 10.6. The maximum atomic E-state index is 13.2. The first-order valence-corrected chi connectivity index (χ1v) is 7.18. The number of carbonyl (C=O) groups is 1. The topological polar surface area (TPSA) is 42.2 Å². The fourth-order valence-corrected chi connectivity index (χ4v) is 2.74. The van der Waals surface area contributed by atoms with Crippen LogP contribution in [0.4, 0.5) is 4.39 Å². The number of benzene rings is 2. The van der Waals surface area contributed by atoms with Crippen LogP contribution < -0.4 is 0 Å². The Morgan fingerprint density at radius 3 is 2.64 bits per heavy atom. The maximum Gasteiger partial charge on any atom is 0.326 e. The van der Waals surface area contributed by atoms with Crippen LogP contribution >= 0.6 is 0 Å². The zero-order chi connectivity index (χ0) is 15.5. The second-order valence-corrected chi connectivity index (χ2v) is 5.30. The summed E-state index contributed by atoms with van der Waals surface area (Å²) in [6.07, 6.45) is 2.88. The van der Waals surface area contributed by atoms with Crippen LogP contribution in [0.3, 0.4) is 0 Å². The molecule has 1 unspecified atom stereocenters. The minimum Gasteiger partial charge on any atom is -0.480 e. The lowest BCUT2D eigenvalue weighted by molar-refractivity contribution is -0.141. The van der Waals surface area contributed by atoms with E-state index in [9.17, 15) is 14.3 Å². The summed E-state index contributed by atoms with van der Waals surface area (Å²) in [4.78, 5) is 11.6. The van der Waals surface area contributed by atoms with Crippen LogP contribution in [0.5, 0.6) is 0 Å². The van der Waals surface area contributed by atoms with Crippen molar-refractivity contribution in [3.63, 3.8) is 0 Å². The molecule has 0 spiro atoms. The minimum absolute atomic E-state index is 0.318. The van der Waals surface area contributed by atoms with Crippen LogP contribution in [0.1, 0.15) is 18.0 Å². The Morgan fingerprint density at radius 1 is 1.14 bits per heavy atom. The summed E-state index contributed by atoms with van der Waals surface area (Å²) in [5.74, 6) is -1.20. The van der Waals surface area contributed by atoms with E-state index in [1.165, 1.54) is 12.1 Å². The molecule has 112 valence electrons. The van der Waals surface area contributed by atoms with Crippen LogP contribution in [0.2, 0.25) is 0 Å². The Bertz CT molecular complexity index is 795. The van der Waals surface area contributed by atoms with Crippen LogP contribution in [0.15, 0.2) is 60.8 Å². The van der Waals surface area contributed by atoms with E-state index in [1.54, 1.807) is 22.9 Å². The highest BCUT2D eigenvalue weighted by Crippen LogP contribution is 2.24. The summed E-state index contributed by atoms with van der Waals surface area (Å²) in [5, 5.41) is 10.3. The number of fused-ring (bicyclic) bond motifs is 1. The number of nitrogens with zero attached hydrogens (tertiary/aromatic N) is 1. The third kappa shape index (κ3) is 2.86. The van der Waals surface area contributed by atoms with Crippen molar-refractivity contribution in [2.24, 2.45) is 0 Å². The number of aliphatic carboxylic acids is 1. The number of hydrogen-bond acceptors (Lipinski definition) is 1. The summed E-state index contributed by atoms with van der Waals surface area (Å²) in [5.41, 5.74) is 1.85. The average Bonchev–Trinajstić information content (AvgIpc) is 2.91. The van der Waals surface area contributed by atoms with Gasteiger partial charge in [0.2, 0.25) is 0 Å². The van der Waals surface area contributed by atoms with Crippen molar-refractivity contribution in [3.05, 3.63) is 72.2 Å². The predicted molar refractivity (Wildman–Crippen MR) is 83.3 cm³/mol. The van der Waals surface area contributed by atoms with Crippen molar-refractivity contribution in [2.75, 3.05) is 0 Å². The molecule has 22 heavy (non-hydrogen) atoms. The number of aryl methyl sites for hydroxylation is 1. The molecule has 0 radical (unpaired) electrons. The van der Waals surface area contributed by atoms with E-state index in [4.69, 9.17) is 0 Å². The van der Waals surface area contributed by atoms with E-state index >= 15 is 0 Å². The van der Waals surface area contributed by atoms with Gasteiger partial charge in [-0.1, -0.05) is 30.3 Å². The van der Waals surface area contributed by atoms with Gasteiger partial charge in [-0.15, -0.1) is 0 Å². The Labute approximate surface area is 127 Å². The third-order valence-electron chi connectivity index (χ3n) is 3.85. The quantitative estimate of drug-likeness (QED) is 0.772. The first-order valence-electron chi connectivity index (χ1n) is 7.18. The lowest BCUT2D eigenvalue weighted by Crippen LogP contribution is -2.19. The standard InChI is InChI=1S/C18H16FNO2/c19-15-7-9-16-14(12-15)10-11-20(16)17(18(21)22)8-6-13-4-2-1-3-5-13/h1-5,7,9-12,17H,6,8H2,(H,21,22). The Hall–Kier alpha value is -2.62. The van der Waals surface area contributed by atoms with Crippen LogP contribution in [-0.2, 0) is 11.2 Å². The van der Waals surface area contributed by atoms with Gasteiger partial charge in [0, 0.05) is 17.1 Å². The van der Waals surface area contributed by atoms with Gasteiger partial charge in [-0.2, -0.15) is 0 Å². The third-order valence-corrected chi connectivity index (χ3v) is 3.85. The largest absolute Gasteiger partial charge is 0.480 e. The molecule has 3 rings (SSSR count). The molecule has 0 fully saturated rings. The van der Waals surface area contributed by atoms with Crippen molar-refractivity contribution in [2.45, 2.75) is 18.9 Å². The van der Waals surface area contributed by atoms with E-state index in [-0.39, 0.29) is 5.82 Å². The van der Waals surface area contributed by atoms with Gasteiger partial charge in [-0.3, -0.25) is 0 Å². The smallest absolute Gasteiger partial charge is 0.326 e. The molecule has 0 amide bonds. The fraction of sp³-hybridized carbons (Fsp3) is 0.167. The minimum atomic E-state index is -0.877. The van der Waals surface area contributed by atoms with Gasteiger partial charge in [0.1, 0.15) is 11.9 Å². The Kier molecular flexibility index (Phi) is 3.92. The van der Waals surface area contributed by atoms with Crippen molar-refractivity contribution in [1.29, 1.82) is 0 Å². The van der Waals surface area contributed by atoms with E-state index in [2.05, 4.69) is 0 Å². The normalized spacial score (nSPS) is 12.4. The molecule has 0 aliphatic rings. The molecule has 3 aromatic rings. The molecule has 0 aliphatic heterocycles. The molecule has 0 saturated heterocycles. The van der Waals surface area contributed by atoms with Gasteiger partial charge in [0.15, 0.2) is 0 Å². The molecule has 1 N–H and O–H groups in total. The molecule has 0 bridgehead atoms. The Morgan fingerprint density at radius 2 is 1.91 bits per heavy atom. The predicted octanol–water partition coefficient (Wildman–Crippen LogP) is 4.04. The molecule has 1 heterocycles. The summed E-state index contributed by atoms with van der Waals surface area (Å²) in [6, 6.07) is 15.3. The molecule has 0 saturated carbocycles. The second kappa shape index (κ2) is 6.02. The van der Waals surface area contributed by atoms with Gasteiger partial charge in [-0.05, 0) is 42.7 Å². The lowest BCUT2D eigenvalue weighted by Gasteiger charge is -2.16. The van der Waals surface area contributed by atoms with Crippen LogP contribution in [-0.4, -0.2) is 15.6 Å². The van der Waals surface area contributed by atoms with E-state index < -0.39 is 12.0 Å². The number of hydrogen-bond donors (Lipinski definition) is 1. The molecule has 1 aromatic heterocycles. The summed E-state index contributed by atoms with van der Waals surface area (Å²) in [7, 11) is 0. The van der Waals surface area contributed by atoms with E-state index in [0.29, 0.717) is 18.2 Å².